The maximum Gasteiger partial charge on any atom is 0.194 e. The molecule has 0 aromatic heterocycles. The van der Waals surface area contributed by atoms with Gasteiger partial charge in [0.1, 0.15) is 11.9 Å². The number of rotatable bonds is 4. The highest BCUT2D eigenvalue weighted by Crippen LogP contribution is 2.25. The predicted molar refractivity (Wildman–Crippen MR) is 104 cm³/mol. The van der Waals surface area contributed by atoms with Crippen molar-refractivity contribution in [3.8, 4) is 0 Å². The van der Waals surface area contributed by atoms with Crippen LogP contribution in [0.5, 0.6) is 0 Å². The van der Waals surface area contributed by atoms with Crippen LogP contribution in [0.4, 0.5) is 4.39 Å². The summed E-state index contributed by atoms with van der Waals surface area (Å²) in [7, 11) is 2.11. The highest BCUT2D eigenvalue weighted by Gasteiger charge is 2.28. The first-order valence-electron chi connectivity index (χ1n) is 9.79. The van der Waals surface area contributed by atoms with Gasteiger partial charge in [0, 0.05) is 26.2 Å². The molecule has 1 N–H and O–H groups in total. The van der Waals surface area contributed by atoms with Crippen LogP contribution >= 0.6 is 0 Å². The number of ether oxygens (including phenoxy) is 2. The Hall–Kier alpha value is -1.70. The number of morpholine rings is 2. The smallest absolute Gasteiger partial charge is 0.194 e. The van der Waals surface area contributed by atoms with E-state index in [1.165, 1.54) is 12.1 Å². The van der Waals surface area contributed by atoms with Gasteiger partial charge in [-0.25, -0.2) is 4.39 Å². The molecular formula is C20H31FN4O2. The Morgan fingerprint density at radius 3 is 2.74 bits per heavy atom. The van der Waals surface area contributed by atoms with Crippen LogP contribution < -0.4 is 5.32 Å². The number of halogens is 1. The van der Waals surface area contributed by atoms with Gasteiger partial charge in [-0.1, -0.05) is 12.1 Å². The van der Waals surface area contributed by atoms with Crippen molar-refractivity contribution in [3.05, 3.63) is 35.6 Å². The van der Waals surface area contributed by atoms with Gasteiger partial charge < -0.3 is 24.6 Å². The summed E-state index contributed by atoms with van der Waals surface area (Å²) in [5.41, 5.74) is 0.987. The zero-order valence-electron chi connectivity index (χ0n) is 16.5. The molecule has 1 aromatic carbocycles. The molecular weight excluding hydrogens is 347 g/mol. The van der Waals surface area contributed by atoms with Crippen molar-refractivity contribution >= 4 is 5.96 Å². The first kappa shape index (κ1) is 20.0. The molecule has 0 spiro atoms. The maximum atomic E-state index is 13.2. The normalized spacial score (nSPS) is 27.6. The fraction of sp³-hybridized carbons (Fsp3) is 0.650. The molecule has 2 fully saturated rings. The molecule has 3 unspecified atom stereocenters. The lowest BCUT2D eigenvalue weighted by molar-refractivity contribution is -0.0607. The summed E-state index contributed by atoms with van der Waals surface area (Å²) >= 11 is 0. The number of guanidine groups is 1. The molecule has 0 radical (unpaired) electrons. The standard InChI is InChI=1S/C20H31FN4O2/c1-4-22-20(23-11-18-13-24(3)9-10-26-18)25-12-15(2)27-19(14-25)16-5-7-17(21)8-6-16/h5-8,15,18-19H,4,9-14H2,1-3H3,(H,22,23). The maximum absolute atomic E-state index is 13.2. The first-order valence-corrected chi connectivity index (χ1v) is 9.79. The molecule has 6 nitrogen and oxygen atoms in total. The molecule has 1 aromatic rings. The van der Waals surface area contributed by atoms with Crippen molar-refractivity contribution < 1.29 is 13.9 Å². The Morgan fingerprint density at radius 2 is 2.04 bits per heavy atom. The second-order valence-electron chi connectivity index (χ2n) is 7.34. The van der Waals surface area contributed by atoms with Gasteiger partial charge in [0.2, 0.25) is 0 Å². The van der Waals surface area contributed by atoms with Gasteiger partial charge >= 0.3 is 0 Å². The Kier molecular flexibility index (Phi) is 7.04. The van der Waals surface area contributed by atoms with E-state index in [-0.39, 0.29) is 24.1 Å². The van der Waals surface area contributed by atoms with Crippen LogP contribution in [-0.2, 0) is 9.47 Å². The van der Waals surface area contributed by atoms with E-state index in [0.29, 0.717) is 13.1 Å². The molecule has 150 valence electrons. The summed E-state index contributed by atoms with van der Waals surface area (Å²) in [6.45, 7) is 9.67. The molecule has 0 aliphatic carbocycles. The molecule has 0 saturated carbocycles. The molecule has 3 rings (SSSR count). The van der Waals surface area contributed by atoms with Crippen molar-refractivity contribution in [3.63, 3.8) is 0 Å². The number of nitrogens with zero attached hydrogens (tertiary/aromatic N) is 3. The second-order valence-corrected chi connectivity index (χ2v) is 7.34. The van der Waals surface area contributed by atoms with Gasteiger partial charge in [-0.05, 0) is 38.6 Å². The van der Waals surface area contributed by atoms with Crippen LogP contribution in [0.15, 0.2) is 29.3 Å². The minimum atomic E-state index is -0.230. The number of benzene rings is 1. The monoisotopic (exact) mass is 378 g/mol. The topological polar surface area (TPSA) is 49.3 Å². The summed E-state index contributed by atoms with van der Waals surface area (Å²) in [5.74, 6) is 0.656. The van der Waals surface area contributed by atoms with Gasteiger partial charge in [0.05, 0.1) is 31.9 Å². The summed E-state index contributed by atoms with van der Waals surface area (Å²) in [6, 6.07) is 6.56. The highest BCUT2D eigenvalue weighted by atomic mass is 19.1. The highest BCUT2D eigenvalue weighted by molar-refractivity contribution is 5.80. The number of hydrogen-bond acceptors (Lipinski definition) is 4. The van der Waals surface area contributed by atoms with Crippen LogP contribution in [0.3, 0.4) is 0 Å². The van der Waals surface area contributed by atoms with Gasteiger partial charge in [-0.3, -0.25) is 4.99 Å². The van der Waals surface area contributed by atoms with Gasteiger partial charge in [-0.2, -0.15) is 0 Å². The average molecular weight is 378 g/mol. The lowest BCUT2D eigenvalue weighted by Crippen LogP contribution is -2.51. The minimum Gasteiger partial charge on any atom is -0.374 e. The quantitative estimate of drug-likeness (QED) is 0.640. The van der Waals surface area contributed by atoms with Crippen molar-refractivity contribution in [2.75, 3.05) is 52.9 Å². The van der Waals surface area contributed by atoms with E-state index in [0.717, 1.165) is 44.3 Å². The van der Waals surface area contributed by atoms with Crippen molar-refractivity contribution in [2.24, 2.45) is 4.99 Å². The summed E-state index contributed by atoms with van der Waals surface area (Å²) < 4.78 is 25.2. The Bertz CT molecular complexity index is 625. The van der Waals surface area contributed by atoms with Crippen LogP contribution in [0.1, 0.15) is 25.5 Å². The van der Waals surface area contributed by atoms with Crippen LogP contribution in [0.25, 0.3) is 0 Å². The third-order valence-corrected chi connectivity index (χ3v) is 4.92. The number of aliphatic imine (C=N–C) groups is 1. The molecule has 2 aliphatic rings. The summed E-state index contributed by atoms with van der Waals surface area (Å²) in [4.78, 5) is 9.35. The number of nitrogens with one attached hydrogen (secondary N) is 1. The third kappa shape index (κ3) is 5.64. The van der Waals surface area contributed by atoms with Crippen molar-refractivity contribution in [2.45, 2.75) is 32.2 Å². The molecule has 2 aliphatic heterocycles. The number of hydrogen-bond donors (Lipinski definition) is 1. The average Bonchev–Trinajstić information content (AvgIpc) is 2.65. The van der Waals surface area contributed by atoms with E-state index >= 15 is 0 Å². The SMILES string of the molecule is CCNC(=NCC1CN(C)CCO1)N1CC(C)OC(c2ccc(F)cc2)C1. The van der Waals surface area contributed by atoms with E-state index in [9.17, 15) is 4.39 Å². The fourth-order valence-corrected chi connectivity index (χ4v) is 3.58. The second kappa shape index (κ2) is 9.48. The van der Waals surface area contributed by atoms with Crippen molar-refractivity contribution in [1.82, 2.24) is 15.1 Å². The van der Waals surface area contributed by atoms with Gasteiger partial charge in [-0.15, -0.1) is 0 Å². The van der Waals surface area contributed by atoms with E-state index < -0.39 is 0 Å². The molecule has 0 amide bonds. The molecule has 3 atom stereocenters. The zero-order valence-corrected chi connectivity index (χ0v) is 16.5. The van der Waals surface area contributed by atoms with E-state index in [4.69, 9.17) is 14.5 Å². The molecule has 2 heterocycles. The van der Waals surface area contributed by atoms with E-state index in [1.807, 2.05) is 0 Å². The summed E-state index contributed by atoms with van der Waals surface area (Å²) in [5, 5.41) is 3.40. The largest absolute Gasteiger partial charge is 0.374 e. The van der Waals surface area contributed by atoms with Crippen LogP contribution in [-0.4, -0.2) is 80.9 Å². The fourth-order valence-electron chi connectivity index (χ4n) is 3.58. The lowest BCUT2D eigenvalue weighted by atomic mass is 10.1. The third-order valence-electron chi connectivity index (χ3n) is 4.92. The first-order chi connectivity index (χ1) is 13.0. The predicted octanol–water partition coefficient (Wildman–Crippen LogP) is 1.88. The van der Waals surface area contributed by atoms with Crippen LogP contribution in [0, 0.1) is 5.82 Å². The summed E-state index contributed by atoms with van der Waals surface area (Å²) in [6.07, 6.45) is 0.0914. The van der Waals surface area contributed by atoms with Gasteiger partial charge in [0.25, 0.3) is 0 Å². The lowest BCUT2D eigenvalue weighted by Gasteiger charge is -2.39. The Balaban J connectivity index is 1.69. The molecule has 7 heteroatoms. The Morgan fingerprint density at radius 1 is 1.26 bits per heavy atom. The molecule has 0 bridgehead atoms. The van der Waals surface area contributed by atoms with Gasteiger partial charge in [0.15, 0.2) is 5.96 Å². The minimum absolute atomic E-state index is 0.0646. The molecule has 2 saturated heterocycles. The van der Waals surface area contributed by atoms with Crippen molar-refractivity contribution in [1.29, 1.82) is 0 Å². The van der Waals surface area contributed by atoms with Crippen LogP contribution in [0.2, 0.25) is 0 Å². The number of likely N-dealkylation sites (N-methyl/N-ethyl adjacent to an activating group) is 1. The van der Waals surface area contributed by atoms with E-state index in [2.05, 4.69) is 36.0 Å². The zero-order chi connectivity index (χ0) is 19.2. The van der Waals surface area contributed by atoms with E-state index in [1.54, 1.807) is 12.1 Å². The Labute approximate surface area is 161 Å². The molecule has 27 heavy (non-hydrogen) atoms.